The van der Waals surface area contributed by atoms with E-state index in [4.69, 9.17) is 10.5 Å². The summed E-state index contributed by atoms with van der Waals surface area (Å²) in [5.74, 6) is -1.11. The van der Waals surface area contributed by atoms with E-state index in [-0.39, 0.29) is 11.4 Å². The van der Waals surface area contributed by atoms with Crippen LogP contribution in [0.25, 0.3) is 22.0 Å². The molecule has 0 aliphatic heterocycles. The molecule has 1 heterocycles. The highest BCUT2D eigenvalue weighted by Gasteiger charge is 2.31. The predicted octanol–water partition coefficient (Wildman–Crippen LogP) is 5.74. The Morgan fingerprint density at radius 3 is 2.31 bits per heavy atom. The lowest BCUT2D eigenvalue weighted by molar-refractivity contribution is -0.137. The van der Waals surface area contributed by atoms with Crippen molar-refractivity contribution in [2.75, 3.05) is 17.7 Å². The number of urea groups is 1. The number of aromatic nitrogens is 1. The lowest BCUT2D eigenvalue weighted by Crippen LogP contribution is -2.20. The van der Waals surface area contributed by atoms with E-state index in [9.17, 15) is 27.2 Å². The number of benzene rings is 3. The minimum Gasteiger partial charge on any atom is -0.497 e. The monoisotopic (exact) mass is 486 g/mol. The molecule has 0 fully saturated rings. The number of amides is 3. The summed E-state index contributed by atoms with van der Waals surface area (Å²) in [4.78, 5) is 27.2. The van der Waals surface area contributed by atoms with Crippen LogP contribution < -0.4 is 21.1 Å². The number of primary amides is 1. The predicted molar refractivity (Wildman–Crippen MR) is 123 cm³/mol. The fourth-order valence-corrected chi connectivity index (χ4v) is 3.58. The van der Waals surface area contributed by atoms with Crippen LogP contribution in [0, 0.1) is 5.82 Å². The molecule has 0 aliphatic rings. The largest absolute Gasteiger partial charge is 0.497 e. The highest BCUT2D eigenvalue weighted by Crippen LogP contribution is 2.35. The number of H-pyrrole nitrogens is 1. The standard InChI is InChI=1S/C24H18F4N4O3/c1-35-15-7-9-18-16(11-15)20(21(31-18)22(29)33)12-2-5-14(6-3-12)30-23(34)32-19-10-13(24(26,27)28)4-8-17(19)25/h2-11,31H,1H3,(H2,29,33)(H2,30,32,34). The Morgan fingerprint density at radius 1 is 0.971 bits per heavy atom. The number of alkyl halides is 3. The zero-order valence-electron chi connectivity index (χ0n) is 18.1. The van der Waals surface area contributed by atoms with E-state index in [0.29, 0.717) is 46.0 Å². The fourth-order valence-electron chi connectivity index (χ4n) is 3.58. The Morgan fingerprint density at radius 2 is 1.69 bits per heavy atom. The van der Waals surface area contributed by atoms with Crippen molar-refractivity contribution < 1.29 is 31.9 Å². The molecule has 11 heteroatoms. The number of nitrogens with one attached hydrogen (secondary N) is 3. The summed E-state index contributed by atoms with van der Waals surface area (Å²) >= 11 is 0. The van der Waals surface area contributed by atoms with Gasteiger partial charge in [-0.25, -0.2) is 9.18 Å². The number of rotatable bonds is 5. The average molecular weight is 486 g/mol. The molecule has 0 unspecified atom stereocenters. The zero-order valence-corrected chi connectivity index (χ0v) is 18.1. The zero-order chi connectivity index (χ0) is 25.3. The molecular weight excluding hydrogens is 468 g/mol. The fraction of sp³-hybridized carbons (Fsp3) is 0.0833. The van der Waals surface area contributed by atoms with Crippen LogP contribution in [0.2, 0.25) is 0 Å². The molecule has 3 aromatic carbocycles. The molecule has 7 nitrogen and oxygen atoms in total. The van der Waals surface area contributed by atoms with Gasteiger partial charge in [-0.2, -0.15) is 13.2 Å². The molecule has 3 amide bonds. The number of carbonyl (C=O) groups is 2. The molecule has 4 aromatic rings. The third-order valence-electron chi connectivity index (χ3n) is 5.23. The molecule has 0 bridgehead atoms. The molecule has 5 N–H and O–H groups in total. The van der Waals surface area contributed by atoms with Gasteiger partial charge in [0.05, 0.1) is 18.4 Å². The first-order valence-electron chi connectivity index (χ1n) is 10.1. The van der Waals surface area contributed by atoms with Gasteiger partial charge in [-0.1, -0.05) is 12.1 Å². The molecule has 1 aromatic heterocycles. The average Bonchev–Trinajstić information content (AvgIpc) is 3.19. The van der Waals surface area contributed by atoms with Crippen LogP contribution in [0.3, 0.4) is 0 Å². The number of carbonyl (C=O) groups excluding carboxylic acids is 2. The van der Waals surface area contributed by atoms with E-state index >= 15 is 0 Å². The maximum absolute atomic E-state index is 13.9. The second-order valence-electron chi connectivity index (χ2n) is 7.50. The Labute approximate surface area is 195 Å². The van der Waals surface area contributed by atoms with Gasteiger partial charge in [0.1, 0.15) is 17.3 Å². The van der Waals surface area contributed by atoms with Gasteiger partial charge in [-0.15, -0.1) is 0 Å². The van der Waals surface area contributed by atoms with Crippen molar-refractivity contribution in [1.29, 1.82) is 0 Å². The number of ether oxygens (including phenoxy) is 1. The second kappa shape index (κ2) is 9.01. The number of halogens is 4. The summed E-state index contributed by atoms with van der Waals surface area (Å²) < 4.78 is 57.7. The van der Waals surface area contributed by atoms with Gasteiger partial charge in [0.15, 0.2) is 0 Å². The van der Waals surface area contributed by atoms with E-state index in [1.54, 1.807) is 30.3 Å². The molecule has 0 atom stereocenters. The first kappa shape index (κ1) is 23.6. The minimum atomic E-state index is -4.69. The highest BCUT2D eigenvalue weighted by atomic mass is 19.4. The number of nitrogens with two attached hydrogens (primary N) is 1. The molecule has 0 spiro atoms. The normalized spacial score (nSPS) is 11.3. The maximum Gasteiger partial charge on any atom is 0.416 e. The van der Waals surface area contributed by atoms with Gasteiger partial charge in [0.25, 0.3) is 5.91 Å². The third kappa shape index (κ3) is 4.88. The highest BCUT2D eigenvalue weighted by molar-refractivity contribution is 6.09. The molecule has 0 radical (unpaired) electrons. The van der Waals surface area contributed by atoms with Crippen LogP contribution >= 0.6 is 0 Å². The molecule has 0 aliphatic carbocycles. The van der Waals surface area contributed by atoms with Crippen molar-refractivity contribution in [3.63, 3.8) is 0 Å². The lowest BCUT2D eigenvalue weighted by atomic mass is 10.0. The van der Waals surface area contributed by atoms with Crippen LogP contribution in [-0.4, -0.2) is 24.0 Å². The van der Waals surface area contributed by atoms with E-state index in [2.05, 4.69) is 15.6 Å². The molecule has 180 valence electrons. The van der Waals surface area contributed by atoms with Crippen LogP contribution in [-0.2, 0) is 6.18 Å². The summed E-state index contributed by atoms with van der Waals surface area (Å²) in [7, 11) is 1.51. The van der Waals surface area contributed by atoms with Crippen LogP contribution in [0.15, 0.2) is 60.7 Å². The van der Waals surface area contributed by atoms with Crippen LogP contribution in [0.5, 0.6) is 5.75 Å². The molecular formula is C24H18F4N4O3. The lowest BCUT2D eigenvalue weighted by Gasteiger charge is -2.12. The number of hydrogen-bond donors (Lipinski definition) is 4. The minimum absolute atomic E-state index is 0.187. The molecule has 0 saturated heterocycles. The van der Waals surface area contributed by atoms with Gasteiger partial charge in [-0.05, 0) is 54.1 Å². The number of fused-ring (bicyclic) bond motifs is 1. The Bertz CT molecular complexity index is 1430. The van der Waals surface area contributed by atoms with Crippen LogP contribution in [0.1, 0.15) is 16.1 Å². The number of anilines is 2. The summed E-state index contributed by atoms with van der Waals surface area (Å²) in [6.45, 7) is 0. The number of hydrogen-bond acceptors (Lipinski definition) is 3. The van der Waals surface area contributed by atoms with Gasteiger partial charge in [-0.3, -0.25) is 4.79 Å². The van der Waals surface area contributed by atoms with E-state index in [1.165, 1.54) is 19.2 Å². The van der Waals surface area contributed by atoms with Gasteiger partial charge in [0, 0.05) is 22.2 Å². The summed E-state index contributed by atoms with van der Waals surface area (Å²) in [6.07, 6.45) is -4.69. The van der Waals surface area contributed by atoms with Crippen molar-refractivity contribution in [3.05, 3.63) is 77.7 Å². The Balaban J connectivity index is 1.58. The van der Waals surface area contributed by atoms with E-state index in [1.807, 2.05) is 0 Å². The van der Waals surface area contributed by atoms with Gasteiger partial charge in [0.2, 0.25) is 0 Å². The van der Waals surface area contributed by atoms with Crippen molar-refractivity contribution in [3.8, 4) is 16.9 Å². The quantitative estimate of drug-likeness (QED) is 0.270. The smallest absolute Gasteiger partial charge is 0.416 e. The Kier molecular flexibility index (Phi) is 6.08. The Hall–Kier alpha value is -4.54. The van der Waals surface area contributed by atoms with Gasteiger partial charge < -0.3 is 26.1 Å². The number of methoxy groups -OCH3 is 1. The first-order valence-corrected chi connectivity index (χ1v) is 10.1. The summed E-state index contributed by atoms with van der Waals surface area (Å²) in [6, 6.07) is 12.3. The first-order chi connectivity index (χ1) is 16.6. The third-order valence-corrected chi connectivity index (χ3v) is 5.23. The van der Waals surface area contributed by atoms with Gasteiger partial charge >= 0.3 is 12.2 Å². The SMILES string of the molecule is COc1ccc2[nH]c(C(N)=O)c(-c3ccc(NC(=O)Nc4cc(C(F)(F)F)ccc4F)cc3)c2c1. The van der Waals surface area contributed by atoms with E-state index < -0.39 is 35.2 Å². The second-order valence-corrected chi connectivity index (χ2v) is 7.50. The van der Waals surface area contributed by atoms with Crippen molar-refractivity contribution >= 4 is 34.2 Å². The molecule has 4 rings (SSSR count). The van der Waals surface area contributed by atoms with Crippen LogP contribution in [0.4, 0.5) is 33.7 Å². The molecule has 35 heavy (non-hydrogen) atoms. The maximum atomic E-state index is 13.9. The molecule has 0 saturated carbocycles. The van der Waals surface area contributed by atoms with Crippen molar-refractivity contribution in [2.24, 2.45) is 5.73 Å². The van der Waals surface area contributed by atoms with Crippen molar-refractivity contribution in [2.45, 2.75) is 6.18 Å². The number of aromatic amines is 1. The summed E-state index contributed by atoms with van der Waals surface area (Å²) in [5.41, 5.74) is 6.09. The summed E-state index contributed by atoms with van der Waals surface area (Å²) in [5, 5.41) is 5.18. The topological polar surface area (TPSA) is 109 Å². The van der Waals surface area contributed by atoms with E-state index in [0.717, 1.165) is 0 Å². The van der Waals surface area contributed by atoms with Crippen molar-refractivity contribution in [1.82, 2.24) is 4.98 Å².